The molecular weight excluding hydrogens is 705 g/mol. The van der Waals surface area contributed by atoms with Gasteiger partial charge in [0.15, 0.2) is 23.1 Å². The van der Waals surface area contributed by atoms with Gasteiger partial charge in [-0.15, -0.1) is 0 Å². The van der Waals surface area contributed by atoms with Gasteiger partial charge in [0.05, 0.1) is 5.39 Å². The number of hydrogen-bond donors (Lipinski definition) is 0. The van der Waals surface area contributed by atoms with Crippen molar-refractivity contribution in [2.45, 2.75) is 0 Å². The van der Waals surface area contributed by atoms with Gasteiger partial charge in [-0.05, 0) is 76.5 Å². The molecule has 7 nitrogen and oxygen atoms in total. The van der Waals surface area contributed by atoms with Gasteiger partial charge >= 0.3 is 0 Å². The van der Waals surface area contributed by atoms with Gasteiger partial charge in [0.1, 0.15) is 27.8 Å². The number of furan rings is 2. The third kappa shape index (κ3) is 4.99. The van der Waals surface area contributed by atoms with Crippen LogP contribution in [0.1, 0.15) is 0 Å². The molecule has 0 saturated carbocycles. The number of para-hydroxylation sites is 1. The molecule has 0 aliphatic heterocycles. The highest BCUT2D eigenvalue weighted by atomic mass is 16.4. The van der Waals surface area contributed by atoms with E-state index in [1.54, 1.807) is 0 Å². The topological polar surface area (TPSA) is 91.0 Å². The van der Waals surface area contributed by atoms with Crippen molar-refractivity contribution in [1.82, 2.24) is 19.9 Å². The first-order valence-electron chi connectivity index (χ1n) is 18.8. The summed E-state index contributed by atoms with van der Waals surface area (Å²) in [5.74, 6) is 2.22. The first-order chi connectivity index (χ1) is 28.2. The Morgan fingerprint density at radius 1 is 0.316 bits per heavy atom. The van der Waals surface area contributed by atoms with E-state index in [9.17, 15) is 0 Å². The van der Waals surface area contributed by atoms with Crippen LogP contribution in [0, 0.1) is 0 Å². The predicted octanol–water partition coefficient (Wildman–Crippen LogP) is 13.3. The molecule has 0 bridgehead atoms. The average molecular weight is 733 g/mol. The van der Waals surface area contributed by atoms with Crippen LogP contribution in [0.4, 0.5) is 0 Å². The molecule has 4 heterocycles. The third-order valence-corrected chi connectivity index (χ3v) is 10.8. The monoisotopic (exact) mass is 732 g/mol. The van der Waals surface area contributed by atoms with Gasteiger partial charge in [-0.25, -0.2) is 19.9 Å². The number of benzene rings is 8. The highest BCUT2D eigenvalue weighted by Gasteiger charge is 2.23. The molecule has 0 aliphatic carbocycles. The van der Waals surface area contributed by atoms with Crippen LogP contribution in [-0.4, -0.2) is 19.9 Å². The van der Waals surface area contributed by atoms with Crippen LogP contribution >= 0.6 is 0 Å². The van der Waals surface area contributed by atoms with Crippen molar-refractivity contribution in [2.75, 3.05) is 0 Å². The number of rotatable bonds is 5. The lowest BCUT2D eigenvalue weighted by Crippen LogP contribution is -2.01. The summed E-state index contributed by atoms with van der Waals surface area (Å²) < 4.78 is 19.4. The average Bonchev–Trinajstić information content (AvgIpc) is 4.00. The molecule has 8 aromatic carbocycles. The van der Waals surface area contributed by atoms with Crippen LogP contribution in [0.15, 0.2) is 183 Å². The Hall–Kier alpha value is -7.90. The largest absolute Gasteiger partial charge is 0.456 e. The molecule has 0 saturated heterocycles. The van der Waals surface area contributed by atoms with E-state index in [0.29, 0.717) is 40.1 Å². The molecule has 0 unspecified atom stereocenters. The van der Waals surface area contributed by atoms with Crippen molar-refractivity contribution in [2.24, 2.45) is 0 Å². The molecule has 57 heavy (non-hydrogen) atoms. The van der Waals surface area contributed by atoms with Crippen LogP contribution in [0.3, 0.4) is 0 Å². The van der Waals surface area contributed by atoms with Crippen molar-refractivity contribution in [3.8, 4) is 56.7 Å². The van der Waals surface area contributed by atoms with Crippen molar-refractivity contribution < 1.29 is 13.3 Å². The molecule has 0 atom stereocenters. The molecule has 12 aromatic rings. The lowest BCUT2D eigenvalue weighted by Gasteiger charge is -2.13. The zero-order chi connectivity index (χ0) is 37.5. The van der Waals surface area contributed by atoms with Crippen molar-refractivity contribution in [3.05, 3.63) is 170 Å². The molecule has 0 spiro atoms. The van der Waals surface area contributed by atoms with Crippen LogP contribution < -0.4 is 0 Å². The normalized spacial score (nSPS) is 11.9. The standard InChI is InChI=1S/C50H28N4O3/c1-3-13-29(14-4-1)32-17-7-10-21-36(32)48-52-47(31-23-25-41-37(27-31)34-19-11-12-22-40(34)55-41)53-49(54-48)38-28-43-44(35-20-9-8-18-33(35)38)45-42(56-43)26-24-39-46(45)57-50(51-39)30-15-5-2-6-16-30/h1-28H. The molecule has 0 radical (unpaired) electrons. The maximum Gasteiger partial charge on any atom is 0.227 e. The quantitative estimate of drug-likeness (QED) is 0.174. The van der Waals surface area contributed by atoms with Gasteiger partial charge < -0.3 is 13.3 Å². The molecule has 0 fully saturated rings. The van der Waals surface area contributed by atoms with E-state index in [1.807, 2.05) is 115 Å². The first kappa shape index (κ1) is 31.5. The van der Waals surface area contributed by atoms with E-state index < -0.39 is 0 Å². The first-order valence-corrected chi connectivity index (χ1v) is 18.8. The van der Waals surface area contributed by atoms with E-state index in [0.717, 1.165) is 82.4 Å². The van der Waals surface area contributed by atoms with E-state index in [-0.39, 0.29) is 0 Å². The fraction of sp³-hybridized carbons (Fsp3) is 0. The van der Waals surface area contributed by atoms with Gasteiger partial charge in [0, 0.05) is 38.4 Å². The fourth-order valence-electron chi connectivity index (χ4n) is 8.15. The second kappa shape index (κ2) is 12.3. The Balaban J connectivity index is 1.12. The molecule has 7 heteroatoms. The van der Waals surface area contributed by atoms with Crippen molar-refractivity contribution in [1.29, 1.82) is 0 Å². The number of hydrogen-bond acceptors (Lipinski definition) is 7. The van der Waals surface area contributed by atoms with Crippen LogP contribution in [0.25, 0.3) is 122 Å². The maximum absolute atomic E-state index is 6.66. The van der Waals surface area contributed by atoms with Gasteiger partial charge in [-0.2, -0.15) is 0 Å². The molecule has 266 valence electrons. The summed E-state index contributed by atoms with van der Waals surface area (Å²) in [6.45, 7) is 0. The lowest BCUT2D eigenvalue weighted by atomic mass is 9.97. The van der Waals surface area contributed by atoms with Gasteiger partial charge in [0.2, 0.25) is 5.89 Å². The summed E-state index contributed by atoms with van der Waals surface area (Å²) in [7, 11) is 0. The summed E-state index contributed by atoms with van der Waals surface area (Å²) in [4.78, 5) is 20.6. The minimum absolute atomic E-state index is 0.532. The minimum atomic E-state index is 0.532. The zero-order valence-corrected chi connectivity index (χ0v) is 30.2. The second-order valence-electron chi connectivity index (χ2n) is 14.1. The number of nitrogens with zero attached hydrogens (tertiary/aromatic N) is 4. The van der Waals surface area contributed by atoms with Crippen LogP contribution in [-0.2, 0) is 0 Å². The smallest absolute Gasteiger partial charge is 0.227 e. The van der Waals surface area contributed by atoms with Gasteiger partial charge in [-0.3, -0.25) is 0 Å². The molecule has 0 aliphatic rings. The van der Waals surface area contributed by atoms with Gasteiger partial charge in [-0.1, -0.05) is 115 Å². The predicted molar refractivity (Wildman–Crippen MR) is 227 cm³/mol. The van der Waals surface area contributed by atoms with E-state index in [4.69, 9.17) is 33.2 Å². The third-order valence-electron chi connectivity index (χ3n) is 10.8. The summed E-state index contributed by atoms with van der Waals surface area (Å²) in [6.07, 6.45) is 0. The Labute approximate surface area is 324 Å². The summed E-state index contributed by atoms with van der Waals surface area (Å²) in [5, 5.41) is 5.84. The lowest BCUT2D eigenvalue weighted by molar-refractivity contribution is 0.622. The summed E-state index contributed by atoms with van der Waals surface area (Å²) in [6, 6.07) is 57.1. The van der Waals surface area contributed by atoms with E-state index >= 15 is 0 Å². The minimum Gasteiger partial charge on any atom is -0.456 e. The number of oxazole rings is 1. The second-order valence-corrected chi connectivity index (χ2v) is 14.1. The highest BCUT2D eigenvalue weighted by Crippen LogP contribution is 2.43. The molecular formula is C50H28N4O3. The molecule has 0 amide bonds. The van der Waals surface area contributed by atoms with Crippen molar-refractivity contribution >= 4 is 65.7 Å². The Morgan fingerprint density at radius 2 is 0.930 bits per heavy atom. The molecule has 4 aromatic heterocycles. The van der Waals surface area contributed by atoms with Crippen LogP contribution in [0.2, 0.25) is 0 Å². The highest BCUT2D eigenvalue weighted by molar-refractivity contribution is 6.27. The summed E-state index contributed by atoms with van der Waals surface area (Å²) in [5.41, 5.74) is 10.1. The fourth-order valence-corrected chi connectivity index (χ4v) is 8.15. The Morgan fingerprint density at radius 3 is 1.75 bits per heavy atom. The maximum atomic E-state index is 6.66. The zero-order valence-electron chi connectivity index (χ0n) is 30.2. The Kier molecular flexibility index (Phi) is 6.79. The molecule has 12 rings (SSSR count). The number of fused-ring (bicyclic) bond motifs is 10. The molecule has 0 N–H and O–H groups in total. The number of aromatic nitrogens is 4. The van der Waals surface area contributed by atoms with Gasteiger partial charge in [0.25, 0.3) is 0 Å². The van der Waals surface area contributed by atoms with E-state index in [2.05, 4.69) is 54.6 Å². The van der Waals surface area contributed by atoms with Crippen molar-refractivity contribution in [3.63, 3.8) is 0 Å². The van der Waals surface area contributed by atoms with Crippen LogP contribution in [0.5, 0.6) is 0 Å². The summed E-state index contributed by atoms with van der Waals surface area (Å²) >= 11 is 0. The Bertz CT molecular complexity index is 3530. The van der Waals surface area contributed by atoms with E-state index in [1.165, 1.54) is 0 Å². The SMILES string of the molecule is c1ccc(-c2nc3ccc4oc5cc(-c6nc(-c7ccc8oc9ccccc9c8c7)nc(-c7ccccc7-c7ccccc7)n6)c6ccccc6c5c4c3o2)cc1.